The number of ether oxygens (including phenoxy) is 2. The summed E-state index contributed by atoms with van der Waals surface area (Å²) in [5.74, 6) is -0.201. The van der Waals surface area contributed by atoms with Gasteiger partial charge in [0.05, 0.1) is 23.2 Å². The van der Waals surface area contributed by atoms with Crippen molar-refractivity contribution in [2.45, 2.75) is 18.9 Å². The number of esters is 1. The molecule has 0 aliphatic heterocycles. The van der Waals surface area contributed by atoms with Crippen molar-refractivity contribution in [3.8, 4) is 5.75 Å². The predicted molar refractivity (Wildman–Crippen MR) is 68.7 cm³/mol. The van der Waals surface area contributed by atoms with Gasteiger partial charge >= 0.3 is 5.97 Å². The highest BCUT2D eigenvalue weighted by molar-refractivity contribution is 7.16. The van der Waals surface area contributed by atoms with Crippen LogP contribution in [0, 0.1) is 11.7 Å². The Hall–Kier alpha value is -1.69. The van der Waals surface area contributed by atoms with Gasteiger partial charge in [-0.3, -0.25) is 4.79 Å². The minimum absolute atomic E-state index is 0.0733. The first kappa shape index (κ1) is 12.3. The van der Waals surface area contributed by atoms with Crippen molar-refractivity contribution in [3.63, 3.8) is 0 Å². The summed E-state index contributed by atoms with van der Waals surface area (Å²) in [4.78, 5) is 15.4. The quantitative estimate of drug-likeness (QED) is 0.812. The fraction of sp³-hybridized carbons (Fsp3) is 0.385. The smallest absolute Gasteiger partial charge is 0.308 e. The summed E-state index contributed by atoms with van der Waals surface area (Å²) in [6.07, 6.45) is 1.14. The van der Waals surface area contributed by atoms with Crippen molar-refractivity contribution < 1.29 is 18.7 Å². The van der Waals surface area contributed by atoms with Gasteiger partial charge in [0.25, 0.3) is 0 Å². The van der Waals surface area contributed by atoms with E-state index in [0.29, 0.717) is 24.1 Å². The van der Waals surface area contributed by atoms with Gasteiger partial charge in [0.2, 0.25) is 0 Å². The van der Waals surface area contributed by atoms with Crippen LogP contribution in [0.5, 0.6) is 5.75 Å². The van der Waals surface area contributed by atoms with Crippen LogP contribution in [0.25, 0.3) is 10.2 Å². The van der Waals surface area contributed by atoms with E-state index in [0.717, 1.165) is 4.70 Å². The summed E-state index contributed by atoms with van der Waals surface area (Å²) in [5, 5.41) is 0. The topological polar surface area (TPSA) is 48.4 Å². The van der Waals surface area contributed by atoms with Crippen LogP contribution in [0.3, 0.4) is 0 Å². The summed E-state index contributed by atoms with van der Waals surface area (Å²) in [5.41, 5.74) is 2.34. The number of benzene rings is 1. The number of nitrogens with zero attached hydrogens (tertiary/aromatic N) is 1. The van der Waals surface area contributed by atoms with Gasteiger partial charge in [0.1, 0.15) is 23.2 Å². The van der Waals surface area contributed by atoms with Crippen LogP contribution in [-0.4, -0.2) is 24.2 Å². The van der Waals surface area contributed by atoms with Gasteiger partial charge < -0.3 is 9.47 Å². The molecule has 0 bridgehead atoms. The normalized spacial score (nSPS) is 22.0. The molecule has 1 aromatic heterocycles. The SMILES string of the molecule is COC(=O)[C@H]1C[C@H](Oc2cc(F)cc3scnc23)C1. The van der Waals surface area contributed by atoms with Gasteiger partial charge in [-0.1, -0.05) is 0 Å². The Morgan fingerprint density at radius 3 is 3.00 bits per heavy atom. The van der Waals surface area contributed by atoms with E-state index in [1.807, 2.05) is 0 Å². The lowest BCUT2D eigenvalue weighted by Crippen LogP contribution is -2.38. The predicted octanol–water partition coefficient (Wildman–Crippen LogP) is 2.77. The number of rotatable bonds is 3. The molecule has 100 valence electrons. The molecular weight excluding hydrogens is 269 g/mol. The summed E-state index contributed by atoms with van der Waals surface area (Å²) < 4.78 is 24.6. The van der Waals surface area contributed by atoms with Crippen LogP contribution in [0.2, 0.25) is 0 Å². The highest BCUT2D eigenvalue weighted by Crippen LogP contribution is 2.35. The Morgan fingerprint density at radius 1 is 1.47 bits per heavy atom. The molecule has 4 nitrogen and oxygen atoms in total. The molecule has 0 spiro atoms. The second-order valence-electron chi connectivity index (χ2n) is 4.53. The summed E-state index contributed by atoms with van der Waals surface area (Å²) >= 11 is 1.37. The van der Waals surface area contributed by atoms with Crippen LogP contribution >= 0.6 is 11.3 Å². The Balaban J connectivity index is 1.73. The van der Waals surface area contributed by atoms with Gasteiger partial charge in [-0.15, -0.1) is 11.3 Å². The second-order valence-corrected chi connectivity index (χ2v) is 5.42. The molecule has 0 radical (unpaired) electrons. The third-order valence-electron chi connectivity index (χ3n) is 3.29. The minimum Gasteiger partial charge on any atom is -0.488 e. The highest BCUT2D eigenvalue weighted by atomic mass is 32.1. The first-order valence-electron chi connectivity index (χ1n) is 5.94. The van der Waals surface area contributed by atoms with E-state index >= 15 is 0 Å². The highest BCUT2D eigenvalue weighted by Gasteiger charge is 2.37. The fourth-order valence-electron chi connectivity index (χ4n) is 2.19. The third kappa shape index (κ3) is 2.28. The van der Waals surface area contributed by atoms with Crippen molar-refractivity contribution >= 4 is 27.5 Å². The number of carbonyl (C=O) groups excluding carboxylic acids is 1. The molecule has 1 heterocycles. The molecule has 0 N–H and O–H groups in total. The average molecular weight is 281 g/mol. The maximum atomic E-state index is 13.4. The summed E-state index contributed by atoms with van der Waals surface area (Å²) in [6.45, 7) is 0. The average Bonchev–Trinajstić information content (AvgIpc) is 2.80. The molecule has 0 saturated heterocycles. The Morgan fingerprint density at radius 2 is 2.26 bits per heavy atom. The third-order valence-corrected chi connectivity index (χ3v) is 4.07. The minimum atomic E-state index is -0.337. The number of methoxy groups -OCH3 is 1. The van der Waals surface area contributed by atoms with Gasteiger partial charge in [-0.25, -0.2) is 9.37 Å². The van der Waals surface area contributed by atoms with E-state index in [2.05, 4.69) is 9.72 Å². The van der Waals surface area contributed by atoms with Crippen LogP contribution in [0.1, 0.15) is 12.8 Å². The number of hydrogen-bond acceptors (Lipinski definition) is 5. The molecule has 1 aromatic carbocycles. The first-order chi connectivity index (χ1) is 9.17. The van der Waals surface area contributed by atoms with E-state index in [4.69, 9.17) is 4.74 Å². The molecule has 1 aliphatic carbocycles. The molecule has 0 amide bonds. The number of hydrogen-bond donors (Lipinski definition) is 0. The van der Waals surface area contributed by atoms with E-state index < -0.39 is 0 Å². The lowest BCUT2D eigenvalue weighted by Gasteiger charge is -2.33. The zero-order chi connectivity index (χ0) is 13.4. The Labute approximate surface area is 113 Å². The molecule has 3 rings (SSSR count). The molecule has 1 fully saturated rings. The number of halogens is 1. The van der Waals surface area contributed by atoms with Crippen LogP contribution in [-0.2, 0) is 9.53 Å². The van der Waals surface area contributed by atoms with E-state index in [-0.39, 0.29) is 23.8 Å². The van der Waals surface area contributed by atoms with E-state index in [9.17, 15) is 9.18 Å². The van der Waals surface area contributed by atoms with Crippen molar-refractivity contribution in [2.24, 2.45) is 5.92 Å². The molecule has 0 atom stereocenters. The molecule has 19 heavy (non-hydrogen) atoms. The van der Waals surface area contributed by atoms with Gasteiger partial charge in [-0.2, -0.15) is 0 Å². The zero-order valence-electron chi connectivity index (χ0n) is 10.3. The number of thiazole rings is 1. The monoisotopic (exact) mass is 281 g/mol. The van der Waals surface area contributed by atoms with Gasteiger partial charge in [0.15, 0.2) is 0 Å². The first-order valence-corrected chi connectivity index (χ1v) is 6.82. The molecular formula is C13H12FNO3S. The van der Waals surface area contributed by atoms with Gasteiger partial charge in [-0.05, 0) is 18.9 Å². The van der Waals surface area contributed by atoms with Crippen molar-refractivity contribution in [1.29, 1.82) is 0 Å². The van der Waals surface area contributed by atoms with E-state index in [1.165, 1.54) is 30.6 Å². The summed E-state index contributed by atoms with van der Waals surface area (Å²) in [6, 6.07) is 2.78. The Bertz CT molecular complexity index is 621. The number of carbonyl (C=O) groups is 1. The molecule has 2 aromatic rings. The largest absolute Gasteiger partial charge is 0.488 e. The number of fused-ring (bicyclic) bond motifs is 1. The lowest BCUT2D eigenvalue weighted by atomic mass is 9.82. The standard InChI is InChI=1S/C13H12FNO3S/c1-17-13(16)7-2-9(3-7)18-10-4-8(14)5-11-12(10)15-6-19-11/h4-7,9H,2-3H2,1H3/t7-,9-. The summed E-state index contributed by atoms with van der Waals surface area (Å²) in [7, 11) is 1.38. The van der Waals surface area contributed by atoms with Gasteiger partial charge in [0, 0.05) is 6.07 Å². The van der Waals surface area contributed by atoms with Crippen molar-refractivity contribution in [3.05, 3.63) is 23.5 Å². The van der Waals surface area contributed by atoms with Crippen molar-refractivity contribution in [2.75, 3.05) is 7.11 Å². The van der Waals surface area contributed by atoms with Crippen LogP contribution in [0.15, 0.2) is 17.6 Å². The fourth-order valence-corrected chi connectivity index (χ4v) is 2.91. The van der Waals surface area contributed by atoms with E-state index in [1.54, 1.807) is 5.51 Å². The molecule has 6 heteroatoms. The maximum Gasteiger partial charge on any atom is 0.308 e. The number of aromatic nitrogens is 1. The van der Waals surface area contributed by atoms with Crippen molar-refractivity contribution in [1.82, 2.24) is 4.98 Å². The van der Waals surface area contributed by atoms with Crippen LogP contribution < -0.4 is 4.74 Å². The Kier molecular flexibility index (Phi) is 3.10. The second kappa shape index (κ2) is 4.77. The lowest BCUT2D eigenvalue weighted by molar-refractivity contribution is -0.151. The zero-order valence-corrected chi connectivity index (χ0v) is 11.1. The molecule has 1 saturated carbocycles. The maximum absolute atomic E-state index is 13.4. The van der Waals surface area contributed by atoms with Crippen LogP contribution in [0.4, 0.5) is 4.39 Å². The molecule has 1 aliphatic rings. The molecule has 0 unspecified atom stereocenters.